The fourth-order valence-electron chi connectivity index (χ4n) is 1.15. The summed E-state index contributed by atoms with van der Waals surface area (Å²) in [7, 11) is 5.61. The van der Waals surface area contributed by atoms with Crippen molar-refractivity contribution in [3.05, 3.63) is 29.8 Å². The Labute approximate surface area is 100 Å². The zero-order valence-electron chi connectivity index (χ0n) is 9.71. The third kappa shape index (κ3) is 4.09. The fourth-order valence-corrected chi connectivity index (χ4v) is 1.89. The highest BCUT2D eigenvalue weighted by molar-refractivity contribution is 7.97. The Morgan fingerprint density at radius 3 is 2.56 bits per heavy atom. The number of hydrazine groups is 1. The predicted molar refractivity (Wildman–Crippen MR) is 68.7 cm³/mol. The van der Waals surface area contributed by atoms with Crippen LogP contribution in [0.25, 0.3) is 0 Å². The first kappa shape index (κ1) is 12.8. The van der Waals surface area contributed by atoms with Crippen molar-refractivity contribution in [2.75, 3.05) is 21.1 Å². The monoisotopic (exact) mass is 239 g/mol. The first-order chi connectivity index (χ1) is 7.49. The Balaban J connectivity index is 2.90. The van der Waals surface area contributed by atoms with E-state index in [1.807, 2.05) is 42.7 Å². The summed E-state index contributed by atoms with van der Waals surface area (Å²) in [6.45, 7) is 0. The molecular weight excluding hydrogens is 222 g/mol. The Morgan fingerprint density at radius 2 is 2.00 bits per heavy atom. The lowest BCUT2D eigenvalue weighted by molar-refractivity contribution is 0.371. The molecule has 1 rings (SSSR count). The Morgan fingerprint density at radius 1 is 1.31 bits per heavy atom. The van der Waals surface area contributed by atoms with Gasteiger partial charge in [-0.25, -0.2) is 11.0 Å². The maximum absolute atomic E-state index is 5.80. The smallest absolute Gasteiger partial charge is 0.152 e. The molecule has 4 N–H and O–H groups in total. The number of hydrogen-bond acceptors (Lipinski definition) is 5. The maximum Gasteiger partial charge on any atom is 0.152 e. The van der Waals surface area contributed by atoms with Crippen molar-refractivity contribution < 1.29 is 0 Å². The number of hydrogen-bond donors (Lipinski definition) is 2. The summed E-state index contributed by atoms with van der Waals surface area (Å²) in [6.07, 6.45) is 0. The van der Waals surface area contributed by atoms with Crippen molar-refractivity contribution in [3.8, 4) is 0 Å². The highest BCUT2D eigenvalue weighted by Gasteiger charge is 2.02. The third-order valence-electron chi connectivity index (χ3n) is 1.68. The van der Waals surface area contributed by atoms with Crippen LogP contribution in [0.1, 0.15) is 5.56 Å². The first-order valence-corrected chi connectivity index (χ1v) is 5.54. The average molecular weight is 239 g/mol. The highest BCUT2D eigenvalue weighted by Crippen LogP contribution is 2.20. The van der Waals surface area contributed by atoms with E-state index < -0.39 is 0 Å². The molecule has 16 heavy (non-hydrogen) atoms. The van der Waals surface area contributed by atoms with Gasteiger partial charge in [-0.1, -0.05) is 12.1 Å². The summed E-state index contributed by atoms with van der Waals surface area (Å²) in [5.74, 6) is 5.81. The molecule has 0 fully saturated rings. The Hall–Kier alpha value is -1.24. The van der Waals surface area contributed by atoms with E-state index in [-0.39, 0.29) is 0 Å². The van der Waals surface area contributed by atoms with Gasteiger partial charge in [-0.2, -0.15) is 0 Å². The van der Waals surface area contributed by atoms with Crippen LogP contribution in [0.2, 0.25) is 0 Å². The molecule has 0 aromatic heterocycles. The maximum atomic E-state index is 5.80. The zero-order chi connectivity index (χ0) is 12.1. The molecule has 1 aromatic rings. The molecule has 0 heterocycles. The fraction of sp³-hybridized carbons (Fsp3) is 0.300. The van der Waals surface area contributed by atoms with Crippen molar-refractivity contribution in [1.82, 2.24) is 9.42 Å². The molecule has 0 aliphatic rings. The van der Waals surface area contributed by atoms with Gasteiger partial charge in [0.2, 0.25) is 0 Å². The number of rotatable bonds is 4. The minimum atomic E-state index is 0.409. The van der Waals surface area contributed by atoms with Crippen LogP contribution in [-0.4, -0.2) is 36.4 Å². The molecule has 0 bridgehead atoms. The van der Waals surface area contributed by atoms with Gasteiger partial charge < -0.3 is 5.73 Å². The van der Waals surface area contributed by atoms with Gasteiger partial charge in [0.1, 0.15) is 0 Å². The summed E-state index contributed by atoms with van der Waals surface area (Å²) in [5, 5.41) is 5.15. The van der Waals surface area contributed by atoms with E-state index in [0.717, 1.165) is 10.5 Å². The largest absolute Gasteiger partial charge is 0.382 e. The van der Waals surface area contributed by atoms with Crippen LogP contribution in [-0.2, 0) is 0 Å². The molecule has 6 heteroatoms. The molecule has 0 aliphatic heterocycles. The molecule has 0 radical (unpaired) electrons. The standard InChI is InChI=1S/C10H17N5S/c1-14(2)16-9-6-4-5-8(7-9)10(11)13-15(3)12/h4-7H,12H2,1-3H3,(H2,11,13). The van der Waals surface area contributed by atoms with Gasteiger partial charge in [0.15, 0.2) is 5.84 Å². The van der Waals surface area contributed by atoms with E-state index in [1.54, 1.807) is 19.0 Å². The first-order valence-electron chi connectivity index (χ1n) is 4.77. The van der Waals surface area contributed by atoms with Crippen LogP contribution in [0.3, 0.4) is 0 Å². The van der Waals surface area contributed by atoms with Crippen molar-refractivity contribution in [2.24, 2.45) is 16.7 Å². The number of nitrogens with two attached hydrogens (primary N) is 2. The average Bonchev–Trinajstić information content (AvgIpc) is 2.16. The van der Waals surface area contributed by atoms with Gasteiger partial charge in [-0.3, -0.25) is 4.31 Å². The van der Waals surface area contributed by atoms with Gasteiger partial charge in [0, 0.05) is 17.5 Å². The molecule has 0 saturated heterocycles. The number of amidine groups is 1. The van der Waals surface area contributed by atoms with Crippen LogP contribution >= 0.6 is 11.9 Å². The summed E-state index contributed by atoms with van der Waals surface area (Å²) in [4.78, 5) is 1.11. The van der Waals surface area contributed by atoms with E-state index >= 15 is 0 Å². The summed E-state index contributed by atoms with van der Waals surface area (Å²) in [5.41, 5.74) is 6.67. The molecule has 0 amide bonds. The number of nitrogens with zero attached hydrogens (tertiary/aromatic N) is 3. The SMILES string of the molecule is CN(N)/N=C(\N)c1cccc(SN(C)C)c1. The van der Waals surface area contributed by atoms with Gasteiger partial charge >= 0.3 is 0 Å². The second-order valence-electron chi connectivity index (χ2n) is 3.49. The number of hydrazone groups is 1. The second-order valence-corrected chi connectivity index (χ2v) is 4.87. The van der Waals surface area contributed by atoms with E-state index in [0.29, 0.717) is 5.84 Å². The summed E-state index contributed by atoms with van der Waals surface area (Å²) in [6, 6.07) is 7.85. The van der Waals surface area contributed by atoms with Crippen molar-refractivity contribution in [3.63, 3.8) is 0 Å². The quantitative estimate of drug-likeness (QED) is 0.266. The number of benzene rings is 1. The van der Waals surface area contributed by atoms with Crippen LogP contribution < -0.4 is 11.6 Å². The normalized spacial score (nSPS) is 11.9. The lowest BCUT2D eigenvalue weighted by Gasteiger charge is -2.10. The highest BCUT2D eigenvalue weighted by atomic mass is 32.2. The predicted octanol–water partition coefficient (Wildman–Crippen LogP) is 0.681. The van der Waals surface area contributed by atoms with E-state index in [1.165, 1.54) is 5.12 Å². The molecule has 0 spiro atoms. The van der Waals surface area contributed by atoms with Crippen molar-refractivity contribution in [2.45, 2.75) is 4.90 Å². The summed E-state index contributed by atoms with van der Waals surface area (Å²) < 4.78 is 2.02. The second kappa shape index (κ2) is 5.74. The molecule has 88 valence electrons. The van der Waals surface area contributed by atoms with Gasteiger partial charge in [0.25, 0.3) is 0 Å². The Kier molecular flexibility index (Phi) is 4.60. The van der Waals surface area contributed by atoms with Crippen LogP contribution in [0, 0.1) is 0 Å². The molecule has 0 aliphatic carbocycles. The Bertz CT molecular complexity index is 375. The van der Waals surface area contributed by atoms with E-state index in [9.17, 15) is 0 Å². The van der Waals surface area contributed by atoms with Crippen LogP contribution in [0.5, 0.6) is 0 Å². The van der Waals surface area contributed by atoms with Crippen LogP contribution in [0.4, 0.5) is 0 Å². The topological polar surface area (TPSA) is 70.9 Å². The molecule has 1 aromatic carbocycles. The molecule has 5 nitrogen and oxygen atoms in total. The lowest BCUT2D eigenvalue weighted by Crippen LogP contribution is -2.25. The van der Waals surface area contributed by atoms with Gasteiger partial charge in [-0.05, 0) is 38.2 Å². The summed E-state index contributed by atoms with van der Waals surface area (Å²) >= 11 is 1.63. The van der Waals surface area contributed by atoms with E-state index in [2.05, 4.69) is 5.10 Å². The van der Waals surface area contributed by atoms with E-state index in [4.69, 9.17) is 11.6 Å². The minimum absolute atomic E-state index is 0.409. The van der Waals surface area contributed by atoms with Crippen molar-refractivity contribution in [1.29, 1.82) is 0 Å². The zero-order valence-corrected chi connectivity index (χ0v) is 10.5. The molecule has 0 saturated carbocycles. The van der Waals surface area contributed by atoms with Gasteiger partial charge in [0.05, 0.1) is 0 Å². The molecule has 0 unspecified atom stereocenters. The lowest BCUT2D eigenvalue weighted by atomic mass is 10.2. The van der Waals surface area contributed by atoms with Crippen LogP contribution in [0.15, 0.2) is 34.3 Å². The van der Waals surface area contributed by atoms with Gasteiger partial charge in [-0.15, -0.1) is 5.10 Å². The van der Waals surface area contributed by atoms with Crippen molar-refractivity contribution >= 4 is 17.8 Å². The third-order valence-corrected chi connectivity index (χ3v) is 2.51. The molecular formula is C10H17N5S. The minimum Gasteiger partial charge on any atom is -0.382 e. The molecule has 0 atom stereocenters.